The Bertz CT molecular complexity index is 171. The third kappa shape index (κ3) is 7.21. The van der Waals surface area contributed by atoms with Crippen molar-refractivity contribution in [3.63, 3.8) is 0 Å². The van der Waals surface area contributed by atoms with Crippen LogP contribution in [0, 0.1) is 6.42 Å². The fourth-order valence-corrected chi connectivity index (χ4v) is 0.508. The first-order valence-corrected chi connectivity index (χ1v) is 2.43. The molecule has 0 spiro atoms. The third-order valence-electron chi connectivity index (χ3n) is 0.923. The van der Waals surface area contributed by atoms with Crippen LogP contribution in [0.2, 0.25) is 0 Å². The minimum absolute atomic E-state index is 0. The molecule has 11 heavy (non-hydrogen) atoms. The second-order valence-corrected chi connectivity index (χ2v) is 1.44. The molecule has 0 bridgehead atoms. The van der Waals surface area contributed by atoms with Gasteiger partial charge in [0.2, 0.25) is 0 Å². The van der Waals surface area contributed by atoms with Crippen LogP contribution in [0.25, 0.3) is 0 Å². The summed E-state index contributed by atoms with van der Waals surface area (Å²) in [5, 5.41) is 0. The summed E-state index contributed by atoms with van der Waals surface area (Å²) in [4.78, 5) is 0. The zero-order valence-corrected chi connectivity index (χ0v) is 11.6. The van der Waals surface area contributed by atoms with E-state index in [4.69, 9.17) is 4.74 Å². The quantitative estimate of drug-likeness (QED) is 0.323. The Morgan fingerprint density at radius 1 is 1.27 bits per heavy atom. The van der Waals surface area contributed by atoms with Gasteiger partial charge in [0.1, 0.15) is 5.76 Å². The normalized spacial score (nSPS) is 11.5. The zero-order valence-electron chi connectivity index (χ0n) is 5.92. The fourth-order valence-electron chi connectivity index (χ4n) is 0.508. The largest absolute Gasteiger partial charge is 1.00 e. The van der Waals surface area contributed by atoms with Gasteiger partial charge in [0.05, 0.1) is 13.5 Å². The predicted octanol–water partition coefficient (Wildman–Crippen LogP) is -4.93. The van der Waals surface area contributed by atoms with Crippen molar-refractivity contribution in [2.24, 2.45) is 0 Å². The molecule has 0 aromatic carbocycles. The van der Waals surface area contributed by atoms with E-state index in [0.717, 1.165) is 5.76 Å². The van der Waals surface area contributed by atoms with Crippen LogP contribution in [0.15, 0.2) is 29.7 Å². The summed E-state index contributed by atoms with van der Waals surface area (Å²) >= 11 is 0. The molecule has 1 nitrogen and oxygen atoms in total. The van der Waals surface area contributed by atoms with Crippen molar-refractivity contribution < 1.29 is 38.7 Å². The molecular formula is C7H7Br2OSb-2. The van der Waals surface area contributed by atoms with E-state index in [1.54, 1.807) is 7.11 Å². The van der Waals surface area contributed by atoms with Gasteiger partial charge in [-0.15, -0.1) is 5.73 Å². The predicted molar refractivity (Wildman–Crippen MR) is 37.8 cm³/mol. The number of hydrogen-bond acceptors (Lipinski definition) is 1. The molecule has 1 aliphatic carbocycles. The molecule has 0 unspecified atom stereocenters. The SMILES string of the molecule is COC1=CC=C=C[CH]1.[Br-].[Br-].[Sb]. The minimum atomic E-state index is 0. The Labute approximate surface area is 106 Å². The third-order valence-corrected chi connectivity index (χ3v) is 0.923. The van der Waals surface area contributed by atoms with E-state index in [1.165, 1.54) is 0 Å². The molecule has 0 aliphatic heterocycles. The summed E-state index contributed by atoms with van der Waals surface area (Å²) in [6.07, 6.45) is 7.36. The summed E-state index contributed by atoms with van der Waals surface area (Å²) < 4.78 is 4.89. The molecule has 4 heteroatoms. The number of allylic oxidation sites excluding steroid dienone is 2. The molecule has 0 fully saturated rings. The maximum Gasteiger partial charge on any atom is 0.105 e. The van der Waals surface area contributed by atoms with Gasteiger partial charge in [0.15, 0.2) is 0 Å². The van der Waals surface area contributed by atoms with Crippen molar-refractivity contribution in [1.82, 2.24) is 0 Å². The standard InChI is InChI=1S/C7H7O.2BrH.Sb/c1-8-7-5-3-2-4-6-7;;;/h3-6H,1H3;2*1H;/p-2. The molecule has 0 aromatic rings. The van der Waals surface area contributed by atoms with Gasteiger partial charge < -0.3 is 38.7 Å². The van der Waals surface area contributed by atoms with Gasteiger partial charge in [0, 0.05) is 24.4 Å². The molecule has 0 N–H and O–H groups in total. The first kappa shape index (κ1) is 17.8. The Kier molecular flexibility index (Phi) is 17.5. The van der Waals surface area contributed by atoms with Crippen molar-refractivity contribution in [3.05, 3.63) is 36.1 Å². The van der Waals surface area contributed by atoms with Crippen molar-refractivity contribution >= 4 is 24.4 Å². The van der Waals surface area contributed by atoms with E-state index in [2.05, 4.69) is 5.73 Å². The molecule has 0 aromatic heterocycles. The van der Waals surface area contributed by atoms with Gasteiger partial charge in [-0.1, -0.05) is 0 Å². The summed E-state index contributed by atoms with van der Waals surface area (Å²) in [5.74, 6) is 0.878. The molecule has 4 radical (unpaired) electrons. The van der Waals surface area contributed by atoms with E-state index in [9.17, 15) is 0 Å². The van der Waals surface area contributed by atoms with Gasteiger partial charge in [-0.05, 0) is 18.2 Å². The van der Waals surface area contributed by atoms with Crippen LogP contribution in [0.5, 0.6) is 0 Å². The fraction of sp³-hybridized carbons (Fsp3) is 0.143. The van der Waals surface area contributed by atoms with Gasteiger partial charge in [-0.2, -0.15) is 0 Å². The van der Waals surface area contributed by atoms with Crippen LogP contribution in [-0.4, -0.2) is 31.5 Å². The number of hydrogen-bond donors (Lipinski definition) is 0. The van der Waals surface area contributed by atoms with E-state index in [1.807, 2.05) is 24.6 Å². The maximum atomic E-state index is 4.89. The Hall–Kier alpha value is 0.838. The van der Waals surface area contributed by atoms with E-state index in [0.29, 0.717) is 0 Å². The average Bonchev–Trinajstić information content (AvgIpc) is 1.90. The average molecular weight is 389 g/mol. The minimum Gasteiger partial charge on any atom is -1.00 e. The summed E-state index contributed by atoms with van der Waals surface area (Å²) in [7, 11) is 1.65. The Morgan fingerprint density at radius 3 is 2.18 bits per heavy atom. The monoisotopic (exact) mass is 386 g/mol. The van der Waals surface area contributed by atoms with Crippen molar-refractivity contribution in [2.45, 2.75) is 0 Å². The molecule has 0 saturated heterocycles. The van der Waals surface area contributed by atoms with E-state index < -0.39 is 0 Å². The Balaban J connectivity index is -0.000000213. The second-order valence-electron chi connectivity index (χ2n) is 1.44. The molecule has 0 heterocycles. The molecule has 0 atom stereocenters. The first-order chi connectivity index (χ1) is 3.93. The van der Waals surface area contributed by atoms with Crippen LogP contribution < -0.4 is 34.0 Å². The second kappa shape index (κ2) is 10.8. The Morgan fingerprint density at radius 2 is 1.91 bits per heavy atom. The maximum absolute atomic E-state index is 4.89. The summed E-state index contributed by atoms with van der Waals surface area (Å²) in [6.45, 7) is 0. The van der Waals surface area contributed by atoms with Gasteiger partial charge in [-0.25, -0.2) is 0 Å². The summed E-state index contributed by atoms with van der Waals surface area (Å²) in [5.41, 5.74) is 2.89. The van der Waals surface area contributed by atoms with Crippen LogP contribution in [0.1, 0.15) is 0 Å². The van der Waals surface area contributed by atoms with Gasteiger partial charge >= 0.3 is 0 Å². The molecule has 1 rings (SSSR count). The molecule has 62 valence electrons. The smallest absolute Gasteiger partial charge is 0.105 e. The van der Waals surface area contributed by atoms with Crippen molar-refractivity contribution in [3.8, 4) is 0 Å². The van der Waals surface area contributed by atoms with Crippen LogP contribution in [-0.2, 0) is 4.74 Å². The molecule has 0 amide bonds. The number of halogens is 2. The van der Waals surface area contributed by atoms with Crippen LogP contribution >= 0.6 is 0 Å². The number of ether oxygens (including phenoxy) is 1. The van der Waals surface area contributed by atoms with Crippen LogP contribution in [0.4, 0.5) is 0 Å². The first-order valence-electron chi connectivity index (χ1n) is 2.43. The van der Waals surface area contributed by atoms with Gasteiger partial charge in [-0.3, -0.25) is 0 Å². The van der Waals surface area contributed by atoms with E-state index >= 15 is 0 Å². The number of rotatable bonds is 1. The topological polar surface area (TPSA) is 9.23 Å². The van der Waals surface area contributed by atoms with Crippen LogP contribution in [0.3, 0.4) is 0 Å². The van der Waals surface area contributed by atoms with E-state index in [-0.39, 0.29) is 58.4 Å². The molecule has 1 aliphatic rings. The zero-order chi connectivity index (χ0) is 5.82. The van der Waals surface area contributed by atoms with Gasteiger partial charge in [0.25, 0.3) is 0 Å². The number of methoxy groups -OCH3 is 1. The molecule has 0 saturated carbocycles. The summed E-state index contributed by atoms with van der Waals surface area (Å²) in [6, 6.07) is 0. The van der Waals surface area contributed by atoms with Crippen molar-refractivity contribution in [1.29, 1.82) is 0 Å². The molecular weight excluding hydrogens is 382 g/mol. The van der Waals surface area contributed by atoms with Crippen molar-refractivity contribution in [2.75, 3.05) is 7.11 Å².